The molecule has 1 aliphatic rings. The van der Waals surface area contributed by atoms with Crippen molar-refractivity contribution >= 4 is 34.3 Å². The lowest BCUT2D eigenvalue weighted by atomic mass is 10.2. The lowest BCUT2D eigenvalue weighted by molar-refractivity contribution is -0.134. The molecule has 3 heterocycles. The van der Waals surface area contributed by atoms with E-state index >= 15 is 0 Å². The van der Waals surface area contributed by atoms with Crippen LogP contribution in [0.3, 0.4) is 0 Å². The van der Waals surface area contributed by atoms with Crippen molar-refractivity contribution in [3.8, 4) is 0 Å². The van der Waals surface area contributed by atoms with Crippen LogP contribution in [-0.4, -0.2) is 61.5 Å². The van der Waals surface area contributed by atoms with E-state index in [1.807, 2.05) is 40.5 Å². The van der Waals surface area contributed by atoms with Crippen LogP contribution in [0.25, 0.3) is 16.7 Å². The normalized spacial score (nSPS) is 15.9. The molecule has 0 N–H and O–H groups in total. The average Bonchev–Trinajstić information content (AvgIpc) is 3.17. The topological polar surface area (TPSA) is 81.7 Å². The van der Waals surface area contributed by atoms with E-state index in [1.54, 1.807) is 4.57 Å². The van der Waals surface area contributed by atoms with Gasteiger partial charge in [0.15, 0.2) is 5.16 Å². The summed E-state index contributed by atoms with van der Waals surface area (Å²) in [5, 5.41) is 9.60. The van der Waals surface area contributed by atoms with Crippen LogP contribution < -0.4 is 5.56 Å². The SMILES string of the molecule is CCCCn1c(=O)c2ccccc2n2c(SC(C)C(=O)N3CCOCC3)nnc12. The van der Waals surface area contributed by atoms with Crippen LogP contribution in [0.4, 0.5) is 0 Å². The Morgan fingerprint density at radius 3 is 2.76 bits per heavy atom. The number of amides is 1. The number of unbranched alkanes of at least 4 members (excludes halogenated alkanes) is 1. The molecule has 4 rings (SSSR count). The van der Waals surface area contributed by atoms with Crippen LogP contribution in [0.1, 0.15) is 26.7 Å². The number of ether oxygens (including phenoxy) is 1. The quantitative estimate of drug-likeness (QED) is 0.574. The molecular weight excluding hydrogens is 390 g/mol. The molecule has 1 fully saturated rings. The maximum absolute atomic E-state index is 13.0. The van der Waals surface area contributed by atoms with Crippen LogP contribution in [-0.2, 0) is 16.1 Å². The van der Waals surface area contributed by atoms with E-state index in [-0.39, 0.29) is 16.7 Å². The molecule has 1 saturated heterocycles. The van der Waals surface area contributed by atoms with Crippen LogP contribution in [0.5, 0.6) is 0 Å². The highest BCUT2D eigenvalue weighted by atomic mass is 32.2. The number of carbonyl (C=O) groups is 1. The molecule has 0 bridgehead atoms. The van der Waals surface area contributed by atoms with Crippen molar-refractivity contribution in [2.45, 2.75) is 43.6 Å². The number of para-hydroxylation sites is 1. The van der Waals surface area contributed by atoms with Crippen LogP contribution in [0, 0.1) is 0 Å². The van der Waals surface area contributed by atoms with Crippen LogP contribution >= 0.6 is 11.8 Å². The Bertz CT molecular complexity index is 1090. The molecule has 1 atom stereocenters. The van der Waals surface area contributed by atoms with E-state index in [4.69, 9.17) is 4.74 Å². The molecule has 0 saturated carbocycles. The molecule has 1 amide bonds. The first-order valence-corrected chi connectivity index (χ1v) is 10.9. The predicted molar refractivity (Wildman–Crippen MR) is 112 cm³/mol. The van der Waals surface area contributed by atoms with Gasteiger partial charge in [-0.2, -0.15) is 0 Å². The van der Waals surface area contributed by atoms with Crippen LogP contribution in [0.15, 0.2) is 34.2 Å². The minimum atomic E-state index is -0.310. The molecule has 1 aromatic carbocycles. The number of aryl methyl sites for hydroxylation is 1. The summed E-state index contributed by atoms with van der Waals surface area (Å²) < 4.78 is 8.93. The Kier molecular flexibility index (Phi) is 5.86. The van der Waals surface area contributed by atoms with Gasteiger partial charge in [0.1, 0.15) is 0 Å². The summed E-state index contributed by atoms with van der Waals surface area (Å²) in [6.07, 6.45) is 1.86. The van der Waals surface area contributed by atoms with E-state index < -0.39 is 0 Å². The van der Waals surface area contributed by atoms with E-state index in [2.05, 4.69) is 17.1 Å². The highest BCUT2D eigenvalue weighted by molar-refractivity contribution is 8.00. The number of nitrogens with zero attached hydrogens (tertiary/aromatic N) is 5. The highest BCUT2D eigenvalue weighted by Crippen LogP contribution is 2.26. The summed E-state index contributed by atoms with van der Waals surface area (Å²) in [6, 6.07) is 7.49. The van der Waals surface area contributed by atoms with Gasteiger partial charge in [-0.3, -0.25) is 18.6 Å². The Morgan fingerprint density at radius 1 is 1.24 bits per heavy atom. The average molecular weight is 416 g/mol. The third-order valence-electron chi connectivity index (χ3n) is 5.17. The molecule has 8 nitrogen and oxygen atoms in total. The fraction of sp³-hybridized carbons (Fsp3) is 0.500. The van der Waals surface area contributed by atoms with Gasteiger partial charge in [-0.25, -0.2) is 0 Å². The van der Waals surface area contributed by atoms with E-state index in [9.17, 15) is 9.59 Å². The van der Waals surface area contributed by atoms with E-state index in [0.29, 0.717) is 49.2 Å². The standard InChI is InChI=1S/C20H25N5O3S/c1-3-4-9-24-18(27)15-7-5-6-8-16(15)25-19(24)21-22-20(25)29-14(2)17(26)23-10-12-28-13-11-23/h5-8,14H,3-4,9-13H2,1-2H3. The van der Waals surface area contributed by atoms with Crippen molar-refractivity contribution < 1.29 is 9.53 Å². The van der Waals surface area contributed by atoms with Crippen molar-refractivity contribution in [1.29, 1.82) is 0 Å². The zero-order chi connectivity index (χ0) is 20.4. The monoisotopic (exact) mass is 415 g/mol. The second-order valence-electron chi connectivity index (χ2n) is 7.14. The molecule has 0 spiro atoms. The Hall–Kier alpha value is -2.39. The van der Waals surface area contributed by atoms with Crippen molar-refractivity contribution in [2.24, 2.45) is 0 Å². The highest BCUT2D eigenvalue weighted by Gasteiger charge is 2.26. The Balaban J connectivity index is 1.74. The van der Waals surface area contributed by atoms with Crippen molar-refractivity contribution in [2.75, 3.05) is 26.3 Å². The van der Waals surface area contributed by atoms with Crippen molar-refractivity contribution in [3.05, 3.63) is 34.6 Å². The molecule has 1 unspecified atom stereocenters. The molecule has 3 aromatic rings. The Morgan fingerprint density at radius 2 is 2.00 bits per heavy atom. The van der Waals surface area contributed by atoms with Gasteiger partial charge in [0.05, 0.1) is 29.4 Å². The van der Waals surface area contributed by atoms with Gasteiger partial charge >= 0.3 is 0 Å². The lowest BCUT2D eigenvalue weighted by Crippen LogP contribution is -2.44. The zero-order valence-corrected chi connectivity index (χ0v) is 17.5. The minimum Gasteiger partial charge on any atom is -0.378 e. The first kappa shape index (κ1) is 19.9. The van der Waals surface area contributed by atoms with Crippen LogP contribution in [0.2, 0.25) is 0 Å². The van der Waals surface area contributed by atoms with Gasteiger partial charge in [0, 0.05) is 19.6 Å². The molecule has 0 radical (unpaired) electrons. The fourth-order valence-electron chi connectivity index (χ4n) is 3.58. The predicted octanol–water partition coefficient (Wildman–Crippen LogP) is 2.18. The summed E-state index contributed by atoms with van der Waals surface area (Å²) >= 11 is 1.38. The number of morpholine rings is 1. The summed E-state index contributed by atoms with van der Waals surface area (Å²) in [6.45, 7) is 6.95. The van der Waals surface area contributed by atoms with Crippen molar-refractivity contribution in [1.82, 2.24) is 24.1 Å². The number of benzene rings is 1. The summed E-state index contributed by atoms with van der Waals surface area (Å²) in [5.74, 6) is 0.592. The Labute approximate surface area is 172 Å². The number of rotatable bonds is 6. The van der Waals surface area contributed by atoms with Gasteiger partial charge in [0.2, 0.25) is 11.7 Å². The smallest absolute Gasteiger partial charge is 0.262 e. The van der Waals surface area contributed by atoms with Gasteiger partial charge in [-0.05, 0) is 25.5 Å². The van der Waals surface area contributed by atoms with Gasteiger partial charge in [-0.1, -0.05) is 37.2 Å². The zero-order valence-electron chi connectivity index (χ0n) is 16.7. The van der Waals surface area contributed by atoms with E-state index in [0.717, 1.165) is 18.4 Å². The first-order valence-electron chi connectivity index (χ1n) is 10.0. The third kappa shape index (κ3) is 3.76. The van der Waals surface area contributed by atoms with Gasteiger partial charge in [0.25, 0.3) is 5.56 Å². The van der Waals surface area contributed by atoms with Gasteiger partial charge < -0.3 is 9.64 Å². The molecular formula is C20H25N5O3S. The van der Waals surface area contributed by atoms with Gasteiger partial charge in [-0.15, -0.1) is 10.2 Å². The molecule has 9 heteroatoms. The molecule has 0 aliphatic carbocycles. The fourth-order valence-corrected chi connectivity index (χ4v) is 4.52. The molecule has 154 valence electrons. The number of hydrogen-bond donors (Lipinski definition) is 0. The number of carbonyl (C=O) groups excluding carboxylic acids is 1. The number of aromatic nitrogens is 4. The van der Waals surface area contributed by atoms with Crippen molar-refractivity contribution in [3.63, 3.8) is 0 Å². The van der Waals surface area contributed by atoms with E-state index in [1.165, 1.54) is 11.8 Å². The largest absolute Gasteiger partial charge is 0.378 e. The molecule has 29 heavy (non-hydrogen) atoms. The number of hydrogen-bond acceptors (Lipinski definition) is 6. The first-order chi connectivity index (χ1) is 14.1. The molecule has 2 aromatic heterocycles. The number of thioether (sulfide) groups is 1. The number of fused-ring (bicyclic) bond motifs is 3. The second-order valence-corrected chi connectivity index (χ2v) is 8.45. The maximum atomic E-state index is 13.0. The minimum absolute atomic E-state index is 0.0528. The summed E-state index contributed by atoms with van der Waals surface area (Å²) in [7, 11) is 0. The third-order valence-corrected chi connectivity index (χ3v) is 6.20. The molecule has 1 aliphatic heterocycles. The lowest BCUT2D eigenvalue weighted by Gasteiger charge is -2.28. The summed E-state index contributed by atoms with van der Waals surface area (Å²) in [5.41, 5.74) is 0.710. The summed E-state index contributed by atoms with van der Waals surface area (Å²) in [4.78, 5) is 27.7. The second kappa shape index (κ2) is 8.54. The maximum Gasteiger partial charge on any atom is 0.262 e.